The maximum Gasteiger partial charge on any atom is 0.191 e. The Morgan fingerprint density at radius 1 is 1.06 bits per heavy atom. The van der Waals surface area contributed by atoms with Crippen molar-refractivity contribution in [2.75, 3.05) is 13.6 Å². The third kappa shape index (κ3) is 5.63. The van der Waals surface area contributed by atoms with E-state index in [1.807, 2.05) is 30.5 Å². The van der Waals surface area contributed by atoms with Gasteiger partial charge in [0, 0.05) is 20.1 Å². The standard InChI is InChI=1S/C23H27N7.HI/c1-17-28-19-11-6-7-12-21(19)30(17)14-8-13-25-23(24-2)27-16-22-26-15-20(29-22)18-9-4-3-5-10-18;/h3-7,9-12,15H,8,13-14,16H2,1-2H3,(H,26,29)(H2,24,25,27);1H. The molecule has 7 nitrogen and oxygen atoms in total. The number of hydrogen-bond donors (Lipinski definition) is 3. The van der Waals surface area contributed by atoms with Crippen molar-refractivity contribution in [2.45, 2.75) is 26.4 Å². The summed E-state index contributed by atoms with van der Waals surface area (Å²) in [5.74, 6) is 2.68. The summed E-state index contributed by atoms with van der Waals surface area (Å²) >= 11 is 0. The number of fused-ring (bicyclic) bond motifs is 1. The molecular formula is C23H28IN7. The lowest BCUT2D eigenvalue weighted by molar-refractivity contribution is 0.623. The number of aromatic nitrogens is 4. The number of rotatable bonds is 7. The van der Waals surface area contributed by atoms with Crippen LogP contribution in [0.25, 0.3) is 22.3 Å². The quantitative estimate of drug-likeness (QED) is 0.146. The molecule has 0 unspecified atom stereocenters. The molecule has 0 saturated carbocycles. The van der Waals surface area contributed by atoms with Crippen molar-refractivity contribution >= 4 is 41.0 Å². The Bertz CT molecular complexity index is 1130. The molecule has 31 heavy (non-hydrogen) atoms. The number of nitrogens with zero attached hydrogens (tertiary/aromatic N) is 4. The Morgan fingerprint density at radius 2 is 1.84 bits per heavy atom. The van der Waals surface area contributed by atoms with Crippen molar-refractivity contribution < 1.29 is 0 Å². The topological polar surface area (TPSA) is 82.9 Å². The summed E-state index contributed by atoms with van der Waals surface area (Å²) in [6, 6.07) is 18.4. The lowest BCUT2D eigenvalue weighted by atomic mass is 10.2. The van der Waals surface area contributed by atoms with Crippen molar-refractivity contribution in [1.29, 1.82) is 0 Å². The number of para-hydroxylation sites is 2. The molecule has 4 rings (SSSR count). The van der Waals surface area contributed by atoms with Crippen LogP contribution < -0.4 is 10.6 Å². The molecule has 0 fully saturated rings. The van der Waals surface area contributed by atoms with Crippen LogP contribution in [0.5, 0.6) is 0 Å². The minimum atomic E-state index is 0. The Balaban J connectivity index is 0.00000272. The first-order chi connectivity index (χ1) is 14.7. The van der Waals surface area contributed by atoms with Gasteiger partial charge in [0.05, 0.1) is 29.5 Å². The van der Waals surface area contributed by atoms with Gasteiger partial charge < -0.3 is 20.2 Å². The molecule has 0 aliphatic rings. The van der Waals surface area contributed by atoms with E-state index in [9.17, 15) is 0 Å². The van der Waals surface area contributed by atoms with Crippen LogP contribution in [0.3, 0.4) is 0 Å². The van der Waals surface area contributed by atoms with Crippen LogP contribution in [-0.4, -0.2) is 39.1 Å². The molecule has 8 heteroatoms. The summed E-state index contributed by atoms with van der Waals surface area (Å²) in [7, 11) is 1.78. The van der Waals surface area contributed by atoms with Crippen molar-refractivity contribution in [3.05, 3.63) is 72.4 Å². The van der Waals surface area contributed by atoms with Crippen LogP contribution in [0.1, 0.15) is 18.1 Å². The van der Waals surface area contributed by atoms with Gasteiger partial charge in [0.15, 0.2) is 5.96 Å². The molecule has 0 spiro atoms. The van der Waals surface area contributed by atoms with Crippen molar-refractivity contribution in [3.63, 3.8) is 0 Å². The van der Waals surface area contributed by atoms with Gasteiger partial charge >= 0.3 is 0 Å². The van der Waals surface area contributed by atoms with E-state index in [1.165, 1.54) is 5.52 Å². The van der Waals surface area contributed by atoms with Gasteiger partial charge in [0.25, 0.3) is 0 Å². The van der Waals surface area contributed by atoms with Crippen molar-refractivity contribution in [1.82, 2.24) is 30.2 Å². The second-order valence-electron chi connectivity index (χ2n) is 7.12. The zero-order valence-corrected chi connectivity index (χ0v) is 20.1. The number of nitrogens with one attached hydrogen (secondary N) is 3. The third-order valence-corrected chi connectivity index (χ3v) is 5.06. The second kappa shape index (κ2) is 10.9. The summed E-state index contributed by atoms with van der Waals surface area (Å²) in [6.45, 7) is 4.37. The highest BCUT2D eigenvalue weighted by atomic mass is 127. The van der Waals surface area contributed by atoms with Gasteiger partial charge in [-0.05, 0) is 31.0 Å². The number of H-pyrrole nitrogens is 1. The van der Waals surface area contributed by atoms with Crippen LogP contribution >= 0.6 is 24.0 Å². The van der Waals surface area contributed by atoms with Crippen molar-refractivity contribution in [3.8, 4) is 11.3 Å². The fourth-order valence-electron chi connectivity index (χ4n) is 3.53. The normalized spacial score (nSPS) is 11.4. The molecule has 162 valence electrons. The lowest BCUT2D eigenvalue weighted by Gasteiger charge is -2.12. The van der Waals surface area contributed by atoms with E-state index in [0.717, 1.165) is 53.9 Å². The summed E-state index contributed by atoms with van der Waals surface area (Å²) in [6.07, 6.45) is 2.83. The van der Waals surface area contributed by atoms with Gasteiger partial charge in [-0.2, -0.15) is 0 Å². The van der Waals surface area contributed by atoms with E-state index in [-0.39, 0.29) is 24.0 Å². The SMILES string of the molecule is CN=C(NCCCn1c(C)nc2ccccc21)NCc1ncc(-c2ccccc2)[nH]1.I. The van der Waals surface area contributed by atoms with Gasteiger partial charge in [0.1, 0.15) is 11.6 Å². The number of halogens is 1. The number of benzene rings is 2. The smallest absolute Gasteiger partial charge is 0.191 e. The van der Waals surface area contributed by atoms with Gasteiger partial charge in [-0.25, -0.2) is 9.97 Å². The maximum absolute atomic E-state index is 4.63. The average molecular weight is 529 g/mol. The number of aryl methyl sites for hydroxylation is 2. The summed E-state index contributed by atoms with van der Waals surface area (Å²) in [5.41, 5.74) is 4.37. The van der Waals surface area contributed by atoms with Crippen molar-refractivity contribution in [2.24, 2.45) is 4.99 Å². The largest absolute Gasteiger partial charge is 0.356 e. The van der Waals surface area contributed by atoms with E-state index < -0.39 is 0 Å². The van der Waals surface area contributed by atoms with Gasteiger partial charge in [-0.1, -0.05) is 42.5 Å². The fourth-order valence-corrected chi connectivity index (χ4v) is 3.53. The van der Waals surface area contributed by atoms with Gasteiger partial charge in [0.2, 0.25) is 0 Å². The lowest BCUT2D eigenvalue weighted by Crippen LogP contribution is -2.37. The molecular weight excluding hydrogens is 501 g/mol. The van der Waals surface area contributed by atoms with E-state index in [1.54, 1.807) is 7.05 Å². The molecule has 2 heterocycles. The number of aliphatic imine (C=N–C) groups is 1. The number of aromatic amines is 1. The first-order valence-corrected chi connectivity index (χ1v) is 10.2. The highest BCUT2D eigenvalue weighted by Gasteiger charge is 2.07. The average Bonchev–Trinajstić information content (AvgIpc) is 3.38. The molecule has 0 aliphatic carbocycles. The predicted molar refractivity (Wildman–Crippen MR) is 137 cm³/mol. The van der Waals surface area contributed by atoms with Crippen LogP contribution in [0.15, 0.2) is 65.8 Å². The third-order valence-electron chi connectivity index (χ3n) is 5.06. The highest BCUT2D eigenvalue weighted by molar-refractivity contribution is 14.0. The molecule has 0 atom stereocenters. The Kier molecular flexibility index (Phi) is 8.05. The predicted octanol–water partition coefficient (Wildman–Crippen LogP) is 4.11. The Hall–Kier alpha value is -2.88. The minimum Gasteiger partial charge on any atom is -0.356 e. The molecule has 0 saturated heterocycles. The zero-order chi connectivity index (χ0) is 20.8. The van der Waals surface area contributed by atoms with Gasteiger partial charge in [-0.3, -0.25) is 4.99 Å². The van der Waals surface area contributed by atoms with Gasteiger partial charge in [-0.15, -0.1) is 24.0 Å². The second-order valence-corrected chi connectivity index (χ2v) is 7.12. The van der Waals surface area contributed by atoms with Crippen LogP contribution in [0.4, 0.5) is 0 Å². The van der Waals surface area contributed by atoms with Crippen LogP contribution in [0.2, 0.25) is 0 Å². The monoisotopic (exact) mass is 529 g/mol. The molecule has 0 amide bonds. The van der Waals surface area contributed by atoms with Crippen LogP contribution in [0, 0.1) is 6.92 Å². The highest BCUT2D eigenvalue weighted by Crippen LogP contribution is 2.16. The molecule has 0 aliphatic heterocycles. The minimum absolute atomic E-state index is 0. The summed E-state index contributed by atoms with van der Waals surface area (Å²) < 4.78 is 2.27. The maximum atomic E-state index is 4.63. The molecule has 0 radical (unpaired) electrons. The molecule has 2 aromatic carbocycles. The fraction of sp³-hybridized carbons (Fsp3) is 0.261. The summed E-state index contributed by atoms with van der Waals surface area (Å²) in [4.78, 5) is 16.7. The molecule has 3 N–H and O–H groups in total. The molecule has 2 aromatic heterocycles. The number of guanidine groups is 1. The summed E-state index contributed by atoms with van der Waals surface area (Å²) in [5, 5.41) is 6.68. The zero-order valence-electron chi connectivity index (χ0n) is 17.8. The van der Waals surface area contributed by atoms with E-state index in [2.05, 4.69) is 72.4 Å². The number of imidazole rings is 2. The molecule has 0 bridgehead atoms. The van der Waals surface area contributed by atoms with Crippen LogP contribution in [-0.2, 0) is 13.1 Å². The Labute approximate surface area is 199 Å². The first-order valence-electron chi connectivity index (χ1n) is 10.2. The number of hydrogen-bond acceptors (Lipinski definition) is 3. The molecule has 4 aromatic rings. The Morgan fingerprint density at radius 3 is 2.65 bits per heavy atom. The van der Waals surface area contributed by atoms with E-state index >= 15 is 0 Å². The van der Waals surface area contributed by atoms with E-state index in [4.69, 9.17) is 0 Å². The first kappa shape index (κ1) is 22.8. The van der Waals surface area contributed by atoms with E-state index in [0.29, 0.717) is 6.54 Å².